The zero-order chi connectivity index (χ0) is 19.4. The molecule has 8 heteroatoms. The van der Waals surface area contributed by atoms with Crippen molar-refractivity contribution >= 4 is 11.7 Å². The molecule has 1 atom stereocenters. The number of nitrogens with zero attached hydrogens (tertiary/aromatic N) is 3. The fourth-order valence-electron chi connectivity index (χ4n) is 3.36. The molecule has 1 unspecified atom stereocenters. The van der Waals surface area contributed by atoms with Gasteiger partial charge in [0.25, 0.3) is 17.0 Å². The van der Waals surface area contributed by atoms with Gasteiger partial charge in [0.2, 0.25) is 0 Å². The summed E-state index contributed by atoms with van der Waals surface area (Å²) >= 11 is 0. The predicted octanol–water partition coefficient (Wildman–Crippen LogP) is 1.30. The fourth-order valence-corrected chi connectivity index (χ4v) is 3.36. The first-order valence-electron chi connectivity index (χ1n) is 9.30. The van der Waals surface area contributed by atoms with Crippen molar-refractivity contribution in [3.8, 4) is 0 Å². The average Bonchev–Trinajstić information content (AvgIpc) is 2.67. The van der Waals surface area contributed by atoms with E-state index >= 15 is 0 Å². The molecule has 0 radical (unpaired) electrons. The van der Waals surface area contributed by atoms with E-state index in [-0.39, 0.29) is 29.1 Å². The summed E-state index contributed by atoms with van der Waals surface area (Å²) in [6, 6.07) is 6.45. The van der Waals surface area contributed by atoms with Gasteiger partial charge in [0.1, 0.15) is 11.4 Å². The van der Waals surface area contributed by atoms with Crippen molar-refractivity contribution in [2.45, 2.75) is 45.2 Å². The molecule has 144 valence electrons. The van der Waals surface area contributed by atoms with E-state index in [2.05, 4.69) is 20.3 Å². The Morgan fingerprint density at radius 2 is 2.11 bits per heavy atom. The Kier molecular flexibility index (Phi) is 5.73. The van der Waals surface area contributed by atoms with Gasteiger partial charge in [-0.2, -0.15) is 5.10 Å². The quantitative estimate of drug-likeness (QED) is 0.825. The van der Waals surface area contributed by atoms with Crippen LogP contribution < -0.4 is 21.3 Å². The maximum absolute atomic E-state index is 12.3. The molecular formula is C19H25N5O3. The lowest BCUT2D eigenvalue weighted by molar-refractivity contribution is 0.0948. The molecule has 0 aromatic carbocycles. The second-order valence-corrected chi connectivity index (χ2v) is 7.03. The lowest BCUT2D eigenvalue weighted by atomic mass is 10.0. The zero-order valence-corrected chi connectivity index (χ0v) is 15.6. The van der Waals surface area contributed by atoms with Gasteiger partial charge in [-0.25, -0.2) is 4.68 Å². The van der Waals surface area contributed by atoms with Crippen molar-refractivity contribution in [1.29, 1.82) is 0 Å². The molecule has 1 aliphatic heterocycles. The molecule has 3 rings (SSSR count). The Morgan fingerprint density at radius 3 is 2.85 bits per heavy atom. The summed E-state index contributed by atoms with van der Waals surface area (Å²) in [7, 11) is 0. The van der Waals surface area contributed by atoms with Crippen LogP contribution in [0.5, 0.6) is 0 Å². The number of aromatic amines is 1. The zero-order valence-electron chi connectivity index (χ0n) is 15.6. The summed E-state index contributed by atoms with van der Waals surface area (Å²) in [5.74, 6) is 0.349. The number of pyridine rings is 1. The van der Waals surface area contributed by atoms with Crippen molar-refractivity contribution in [3.05, 3.63) is 56.7 Å². The van der Waals surface area contributed by atoms with Gasteiger partial charge in [-0.3, -0.25) is 14.4 Å². The first-order valence-corrected chi connectivity index (χ1v) is 9.30. The van der Waals surface area contributed by atoms with Gasteiger partial charge >= 0.3 is 0 Å². The summed E-state index contributed by atoms with van der Waals surface area (Å²) in [5.41, 5.74) is -0.425. The largest absolute Gasteiger partial charge is 0.350 e. The number of carbonyl (C=O) groups is 1. The summed E-state index contributed by atoms with van der Waals surface area (Å²) in [6.07, 6.45) is 4.50. The van der Waals surface area contributed by atoms with E-state index in [0.29, 0.717) is 6.54 Å². The molecule has 1 saturated heterocycles. The molecule has 8 nitrogen and oxygen atoms in total. The average molecular weight is 371 g/mol. The van der Waals surface area contributed by atoms with Crippen molar-refractivity contribution < 1.29 is 4.79 Å². The van der Waals surface area contributed by atoms with Crippen LogP contribution >= 0.6 is 0 Å². The van der Waals surface area contributed by atoms with Gasteiger partial charge in [-0.15, -0.1) is 0 Å². The number of anilines is 1. The highest BCUT2D eigenvalue weighted by Gasteiger charge is 2.25. The van der Waals surface area contributed by atoms with Crippen LogP contribution in [0.2, 0.25) is 0 Å². The lowest BCUT2D eigenvalue weighted by Gasteiger charge is -2.36. The number of aromatic nitrogens is 3. The van der Waals surface area contributed by atoms with Gasteiger partial charge < -0.3 is 15.2 Å². The maximum atomic E-state index is 12.3. The Balaban J connectivity index is 1.75. The Morgan fingerprint density at radius 1 is 1.30 bits per heavy atom. The van der Waals surface area contributed by atoms with Gasteiger partial charge in [-0.1, -0.05) is 0 Å². The summed E-state index contributed by atoms with van der Waals surface area (Å²) < 4.78 is 1.48. The Bertz CT molecular complexity index is 918. The minimum atomic E-state index is -0.402. The van der Waals surface area contributed by atoms with E-state index in [4.69, 9.17) is 0 Å². The number of amides is 1. The van der Waals surface area contributed by atoms with Crippen molar-refractivity contribution in [2.24, 2.45) is 0 Å². The molecule has 0 aliphatic carbocycles. The molecule has 1 fully saturated rings. The number of carbonyl (C=O) groups excluding carboxylic acids is 1. The minimum Gasteiger partial charge on any atom is -0.350 e. The predicted molar refractivity (Wildman–Crippen MR) is 103 cm³/mol. The molecule has 2 aromatic heterocycles. The van der Waals surface area contributed by atoms with Crippen LogP contribution in [0.25, 0.3) is 0 Å². The molecule has 0 spiro atoms. The molecule has 2 aromatic rings. The van der Waals surface area contributed by atoms with Crippen LogP contribution in [0, 0.1) is 0 Å². The van der Waals surface area contributed by atoms with E-state index in [1.807, 2.05) is 13.8 Å². The molecule has 27 heavy (non-hydrogen) atoms. The molecule has 1 amide bonds. The highest BCUT2D eigenvalue weighted by Crippen LogP contribution is 2.22. The molecule has 0 bridgehead atoms. The minimum absolute atomic E-state index is 0.0230. The number of hydrogen-bond donors (Lipinski definition) is 2. The standard InChI is InChI=1S/C19H25N5O3/c1-13(2)24-17(25)9-8-16(22-24)23-11-4-3-6-14(23)12-21-19(27)15-7-5-10-20-18(15)26/h5,7-10,13-14H,3-4,6,11-12H2,1-2H3,(H,20,26)(H,21,27). The first-order chi connectivity index (χ1) is 13.0. The SMILES string of the molecule is CC(C)n1nc(N2CCCCC2CNC(=O)c2ccc[nH]c2=O)ccc1=O. The van der Waals surface area contributed by atoms with Crippen molar-refractivity contribution in [1.82, 2.24) is 20.1 Å². The molecule has 0 saturated carbocycles. The fraction of sp³-hybridized carbons (Fsp3) is 0.474. The van der Waals surface area contributed by atoms with Crippen LogP contribution in [0.1, 0.15) is 49.5 Å². The van der Waals surface area contributed by atoms with Crippen LogP contribution in [-0.4, -0.2) is 39.8 Å². The first kappa shape index (κ1) is 18.9. The number of hydrogen-bond acceptors (Lipinski definition) is 5. The summed E-state index contributed by atoms with van der Waals surface area (Å²) in [6.45, 7) is 5.07. The van der Waals surface area contributed by atoms with E-state index in [0.717, 1.165) is 31.6 Å². The molecule has 1 aliphatic rings. The second kappa shape index (κ2) is 8.20. The summed E-state index contributed by atoms with van der Waals surface area (Å²) in [5, 5.41) is 7.37. The van der Waals surface area contributed by atoms with E-state index in [9.17, 15) is 14.4 Å². The third kappa shape index (κ3) is 4.27. The van der Waals surface area contributed by atoms with Gasteiger partial charge in [0, 0.05) is 31.4 Å². The van der Waals surface area contributed by atoms with Crippen molar-refractivity contribution in [3.63, 3.8) is 0 Å². The van der Waals surface area contributed by atoms with E-state index < -0.39 is 5.56 Å². The third-order valence-electron chi connectivity index (χ3n) is 4.78. The van der Waals surface area contributed by atoms with E-state index in [1.54, 1.807) is 12.1 Å². The van der Waals surface area contributed by atoms with Gasteiger partial charge in [0.05, 0.1) is 6.04 Å². The maximum Gasteiger partial charge on any atom is 0.267 e. The topological polar surface area (TPSA) is 100 Å². The Labute approximate surface area is 157 Å². The van der Waals surface area contributed by atoms with E-state index in [1.165, 1.54) is 23.0 Å². The molecule has 3 heterocycles. The van der Waals surface area contributed by atoms with Crippen LogP contribution in [0.4, 0.5) is 5.82 Å². The number of H-pyrrole nitrogens is 1. The van der Waals surface area contributed by atoms with Crippen LogP contribution in [-0.2, 0) is 0 Å². The second-order valence-electron chi connectivity index (χ2n) is 7.03. The molecule has 2 N–H and O–H groups in total. The Hall–Kier alpha value is -2.90. The molecular weight excluding hydrogens is 346 g/mol. The highest BCUT2D eigenvalue weighted by molar-refractivity contribution is 5.93. The van der Waals surface area contributed by atoms with Crippen LogP contribution in [0.15, 0.2) is 40.1 Å². The number of piperidine rings is 1. The summed E-state index contributed by atoms with van der Waals surface area (Å²) in [4.78, 5) is 40.7. The van der Waals surface area contributed by atoms with Gasteiger partial charge in [0.15, 0.2) is 0 Å². The van der Waals surface area contributed by atoms with Crippen molar-refractivity contribution in [2.75, 3.05) is 18.0 Å². The lowest BCUT2D eigenvalue weighted by Crippen LogP contribution is -2.48. The van der Waals surface area contributed by atoms with Crippen LogP contribution in [0.3, 0.4) is 0 Å². The number of rotatable bonds is 5. The smallest absolute Gasteiger partial charge is 0.267 e. The number of nitrogens with one attached hydrogen (secondary N) is 2. The monoisotopic (exact) mass is 371 g/mol. The van der Waals surface area contributed by atoms with Gasteiger partial charge in [-0.05, 0) is 51.3 Å². The highest BCUT2D eigenvalue weighted by atomic mass is 16.2. The normalized spacial score (nSPS) is 17.1. The third-order valence-corrected chi connectivity index (χ3v) is 4.78.